The minimum atomic E-state index is -0.508. The van der Waals surface area contributed by atoms with Gasteiger partial charge in [0.2, 0.25) is 0 Å². The highest BCUT2D eigenvalue weighted by molar-refractivity contribution is 6.01. The molecule has 0 fully saturated rings. The van der Waals surface area contributed by atoms with Crippen LogP contribution in [0.5, 0.6) is 5.75 Å². The average molecular weight is 353 g/mol. The minimum absolute atomic E-state index is 0.341. The monoisotopic (exact) mass is 353 g/mol. The van der Waals surface area contributed by atoms with Crippen LogP contribution in [0.1, 0.15) is 13.8 Å². The first-order valence-corrected chi connectivity index (χ1v) is 8.21. The van der Waals surface area contributed by atoms with E-state index in [1.54, 1.807) is 0 Å². The van der Waals surface area contributed by atoms with E-state index in [1.807, 2.05) is 49.4 Å². The Morgan fingerprint density at radius 2 is 1.96 bits per heavy atom. The summed E-state index contributed by atoms with van der Waals surface area (Å²) in [7, 11) is 0. The summed E-state index contributed by atoms with van der Waals surface area (Å²) in [5, 5.41) is 10.4. The molecule has 1 aromatic heterocycles. The van der Waals surface area contributed by atoms with Crippen LogP contribution in [-0.4, -0.2) is 35.3 Å². The van der Waals surface area contributed by atoms with Crippen LogP contribution >= 0.6 is 0 Å². The Labute approximate surface area is 150 Å². The Hall–Kier alpha value is -3.35. The van der Waals surface area contributed by atoms with E-state index in [2.05, 4.69) is 20.3 Å². The number of hydrogen-bond acceptors (Lipinski definition) is 5. The highest BCUT2D eigenvalue weighted by atomic mass is 16.5. The molecule has 7 nitrogen and oxygen atoms in total. The molecule has 3 aromatic rings. The molecule has 0 aliphatic carbocycles. The van der Waals surface area contributed by atoms with Crippen LogP contribution in [0.25, 0.3) is 22.0 Å². The third-order valence-electron chi connectivity index (χ3n) is 3.71. The van der Waals surface area contributed by atoms with Crippen LogP contribution in [0.4, 0.5) is 5.82 Å². The van der Waals surface area contributed by atoms with Crippen molar-refractivity contribution in [3.63, 3.8) is 0 Å². The lowest BCUT2D eigenvalue weighted by Crippen LogP contribution is -2.20. The van der Waals surface area contributed by atoms with Crippen molar-refractivity contribution in [2.75, 3.05) is 18.5 Å². The summed E-state index contributed by atoms with van der Waals surface area (Å²) in [6.07, 6.45) is 0. The number of ether oxygens (including phenoxy) is 2. The number of aromatic nitrogens is 2. The molecule has 0 saturated heterocycles. The first-order valence-electron chi connectivity index (χ1n) is 8.21. The maximum absolute atomic E-state index is 11.8. The molecule has 0 radical (unpaired) electrons. The largest absolute Gasteiger partial charge is 0.494 e. The average Bonchev–Trinajstić information content (AvgIpc) is 3.02. The Bertz CT molecular complexity index is 949. The van der Waals surface area contributed by atoms with E-state index in [0.717, 1.165) is 27.8 Å². The number of benzene rings is 2. The number of fused-ring (bicyclic) bond motifs is 1. The zero-order valence-electron chi connectivity index (χ0n) is 14.5. The molecule has 0 atom stereocenters. The Balaban J connectivity index is 1.81. The first kappa shape index (κ1) is 17.5. The van der Waals surface area contributed by atoms with E-state index >= 15 is 0 Å². The zero-order chi connectivity index (χ0) is 18.5. The number of nitrogens with zero attached hydrogens (tertiary/aromatic N) is 1. The van der Waals surface area contributed by atoms with Gasteiger partial charge in [-0.3, -0.25) is 14.7 Å². The van der Waals surface area contributed by atoms with E-state index in [9.17, 15) is 9.59 Å². The Morgan fingerprint density at radius 1 is 1.15 bits per heavy atom. The lowest BCUT2D eigenvalue weighted by molar-refractivity contribution is -0.144. The topological polar surface area (TPSA) is 93.3 Å². The molecule has 0 unspecified atom stereocenters. The van der Waals surface area contributed by atoms with Gasteiger partial charge in [-0.15, -0.1) is 0 Å². The molecule has 0 bridgehead atoms. The van der Waals surface area contributed by atoms with Crippen LogP contribution in [0, 0.1) is 0 Å². The van der Waals surface area contributed by atoms with Gasteiger partial charge in [0, 0.05) is 12.3 Å². The summed E-state index contributed by atoms with van der Waals surface area (Å²) < 4.78 is 10.2. The predicted octanol–water partition coefficient (Wildman–Crippen LogP) is 3.13. The third-order valence-corrected chi connectivity index (χ3v) is 3.71. The van der Waals surface area contributed by atoms with E-state index in [1.165, 1.54) is 6.92 Å². The summed E-state index contributed by atoms with van der Waals surface area (Å²) in [5.74, 6) is 0.257. The molecule has 7 heteroatoms. The fourth-order valence-electron chi connectivity index (χ4n) is 2.56. The molecule has 0 saturated carbocycles. The second-order valence-corrected chi connectivity index (χ2v) is 5.62. The maximum Gasteiger partial charge on any atom is 0.303 e. The summed E-state index contributed by atoms with van der Waals surface area (Å²) in [4.78, 5) is 22.6. The van der Waals surface area contributed by atoms with Gasteiger partial charge in [-0.05, 0) is 42.3 Å². The van der Waals surface area contributed by atoms with Gasteiger partial charge in [-0.25, -0.2) is 0 Å². The summed E-state index contributed by atoms with van der Waals surface area (Å²) in [5.41, 5.74) is 2.81. The normalized spacial score (nSPS) is 10.5. The van der Waals surface area contributed by atoms with Crippen molar-refractivity contribution in [1.29, 1.82) is 0 Å². The van der Waals surface area contributed by atoms with Crippen molar-refractivity contribution in [2.45, 2.75) is 13.8 Å². The summed E-state index contributed by atoms with van der Waals surface area (Å²) in [6.45, 7) is 3.46. The van der Waals surface area contributed by atoms with Crippen LogP contribution < -0.4 is 10.1 Å². The van der Waals surface area contributed by atoms with Crippen molar-refractivity contribution < 1.29 is 19.1 Å². The van der Waals surface area contributed by atoms with Crippen molar-refractivity contribution in [1.82, 2.24) is 10.2 Å². The standard InChI is InChI=1S/C19H19N3O4/c1-3-25-15-6-4-5-13(9-15)14-7-8-16-17(10-14)21-22-19(16)20-18(24)11-26-12(2)23/h4-10H,3,11H2,1-2H3,(H2,20,21,22,24). The quantitative estimate of drug-likeness (QED) is 0.664. The summed E-state index contributed by atoms with van der Waals surface area (Å²) in [6, 6.07) is 13.6. The van der Waals surface area contributed by atoms with Gasteiger partial charge in [0.15, 0.2) is 12.4 Å². The van der Waals surface area contributed by atoms with Gasteiger partial charge in [-0.2, -0.15) is 5.10 Å². The molecule has 26 heavy (non-hydrogen) atoms. The molecule has 1 heterocycles. The highest BCUT2D eigenvalue weighted by Gasteiger charge is 2.11. The van der Waals surface area contributed by atoms with Crippen molar-refractivity contribution in [3.05, 3.63) is 42.5 Å². The fraction of sp³-hybridized carbons (Fsp3) is 0.211. The van der Waals surface area contributed by atoms with Gasteiger partial charge < -0.3 is 14.8 Å². The maximum atomic E-state index is 11.8. The minimum Gasteiger partial charge on any atom is -0.494 e. The molecular weight excluding hydrogens is 334 g/mol. The second-order valence-electron chi connectivity index (χ2n) is 5.62. The highest BCUT2D eigenvalue weighted by Crippen LogP contribution is 2.29. The number of carbonyl (C=O) groups excluding carboxylic acids is 2. The molecule has 2 N–H and O–H groups in total. The third kappa shape index (κ3) is 4.00. The lowest BCUT2D eigenvalue weighted by Gasteiger charge is -2.07. The first-order chi connectivity index (χ1) is 12.6. The van der Waals surface area contributed by atoms with Gasteiger partial charge in [0.25, 0.3) is 5.91 Å². The van der Waals surface area contributed by atoms with E-state index < -0.39 is 11.9 Å². The van der Waals surface area contributed by atoms with E-state index in [0.29, 0.717) is 12.4 Å². The predicted molar refractivity (Wildman–Crippen MR) is 98.0 cm³/mol. The number of aromatic amines is 1. The van der Waals surface area contributed by atoms with Gasteiger partial charge in [-0.1, -0.05) is 18.2 Å². The number of H-pyrrole nitrogens is 1. The van der Waals surface area contributed by atoms with E-state index in [-0.39, 0.29) is 6.61 Å². The smallest absolute Gasteiger partial charge is 0.303 e. The number of amides is 1. The van der Waals surface area contributed by atoms with E-state index in [4.69, 9.17) is 4.74 Å². The number of esters is 1. The van der Waals surface area contributed by atoms with Crippen LogP contribution in [-0.2, 0) is 14.3 Å². The molecule has 1 amide bonds. The molecule has 0 spiro atoms. The number of carbonyl (C=O) groups is 2. The molecule has 2 aromatic carbocycles. The van der Waals surface area contributed by atoms with Crippen molar-refractivity contribution >= 4 is 28.6 Å². The number of hydrogen-bond donors (Lipinski definition) is 2. The zero-order valence-corrected chi connectivity index (χ0v) is 14.5. The number of anilines is 1. The fourth-order valence-corrected chi connectivity index (χ4v) is 2.56. The molecule has 0 aliphatic rings. The lowest BCUT2D eigenvalue weighted by atomic mass is 10.0. The van der Waals surface area contributed by atoms with Crippen LogP contribution in [0.3, 0.4) is 0 Å². The van der Waals surface area contributed by atoms with Gasteiger partial charge in [0.1, 0.15) is 5.75 Å². The van der Waals surface area contributed by atoms with Crippen LogP contribution in [0.15, 0.2) is 42.5 Å². The van der Waals surface area contributed by atoms with Gasteiger partial charge >= 0.3 is 5.97 Å². The van der Waals surface area contributed by atoms with Crippen LogP contribution in [0.2, 0.25) is 0 Å². The second kappa shape index (κ2) is 7.69. The SMILES string of the molecule is CCOc1cccc(-c2ccc3c(NC(=O)COC(C)=O)n[nH]c3c2)c1. The Morgan fingerprint density at radius 3 is 2.73 bits per heavy atom. The molecular formula is C19H19N3O4. The van der Waals surface area contributed by atoms with Crippen molar-refractivity contribution in [3.8, 4) is 16.9 Å². The Kier molecular flexibility index (Phi) is 5.17. The number of rotatable bonds is 6. The number of nitrogens with one attached hydrogen (secondary N) is 2. The molecule has 134 valence electrons. The molecule has 3 rings (SSSR count). The molecule has 0 aliphatic heterocycles. The summed E-state index contributed by atoms with van der Waals surface area (Å²) >= 11 is 0. The van der Waals surface area contributed by atoms with Gasteiger partial charge in [0.05, 0.1) is 12.1 Å². The van der Waals surface area contributed by atoms with Crippen molar-refractivity contribution in [2.24, 2.45) is 0 Å².